The number of anilines is 1. The van der Waals surface area contributed by atoms with E-state index < -0.39 is 11.6 Å². The van der Waals surface area contributed by atoms with E-state index in [0.29, 0.717) is 12.2 Å². The Kier molecular flexibility index (Phi) is 5.73. The topological polar surface area (TPSA) is 38.3 Å². The summed E-state index contributed by atoms with van der Waals surface area (Å²) < 4.78 is 32.6. The molecule has 0 fully saturated rings. The third-order valence-electron chi connectivity index (χ3n) is 4.88. The molecule has 2 aromatic carbocycles. The maximum atomic E-state index is 13.5. The Hall–Kier alpha value is -2.43. The Morgan fingerprint density at radius 3 is 2.61 bits per heavy atom. The number of nitrogens with one attached hydrogen (secondary N) is 1. The van der Waals surface area contributed by atoms with Crippen LogP contribution in [-0.4, -0.2) is 5.91 Å². The fraction of sp³-hybridized carbons (Fsp3) is 0.435. The summed E-state index contributed by atoms with van der Waals surface area (Å²) >= 11 is 0. The van der Waals surface area contributed by atoms with Gasteiger partial charge >= 0.3 is 0 Å². The minimum absolute atomic E-state index is 0.000877. The van der Waals surface area contributed by atoms with E-state index in [-0.39, 0.29) is 17.4 Å². The molecule has 0 heterocycles. The number of benzene rings is 2. The number of rotatable bonds is 4. The first-order valence-electron chi connectivity index (χ1n) is 9.67. The van der Waals surface area contributed by atoms with Gasteiger partial charge in [0.2, 0.25) is 5.91 Å². The summed E-state index contributed by atoms with van der Waals surface area (Å²) in [6, 6.07) is 7.66. The first-order chi connectivity index (χ1) is 13.1. The summed E-state index contributed by atoms with van der Waals surface area (Å²) in [5, 5.41) is 3.02. The Morgan fingerprint density at radius 1 is 1.18 bits per heavy atom. The van der Waals surface area contributed by atoms with Crippen molar-refractivity contribution in [2.75, 3.05) is 5.32 Å². The number of hydrogen-bond acceptors (Lipinski definition) is 2. The summed E-state index contributed by atoms with van der Waals surface area (Å²) in [6.07, 6.45) is 2.87. The maximum Gasteiger partial charge on any atom is 0.224 e. The number of carbonyl (C=O) groups excluding carboxylic acids is 1. The summed E-state index contributed by atoms with van der Waals surface area (Å²) in [4.78, 5) is 12.3. The van der Waals surface area contributed by atoms with E-state index in [1.165, 1.54) is 6.07 Å². The second-order valence-corrected chi connectivity index (χ2v) is 8.73. The van der Waals surface area contributed by atoms with Crippen molar-refractivity contribution in [2.45, 2.75) is 59.5 Å². The average Bonchev–Trinajstić information content (AvgIpc) is 2.58. The van der Waals surface area contributed by atoms with Gasteiger partial charge in [-0.25, -0.2) is 8.78 Å². The molecule has 150 valence electrons. The van der Waals surface area contributed by atoms with E-state index in [9.17, 15) is 13.6 Å². The molecule has 0 spiro atoms. The van der Waals surface area contributed by atoms with Crippen molar-refractivity contribution in [2.24, 2.45) is 5.41 Å². The molecule has 0 aliphatic heterocycles. The van der Waals surface area contributed by atoms with Crippen LogP contribution in [0.3, 0.4) is 0 Å². The molecule has 1 amide bonds. The van der Waals surface area contributed by atoms with Crippen LogP contribution in [0.2, 0.25) is 0 Å². The normalized spacial score (nSPS) is 16.4. The number of aryl methyl sites for hydroxylation is 2. The summed E-state index contributed by atoms with van der Waals surface area (Å²) in [6.45, 7) is 8.06. The quantitative estimate of drug-likeness (QED) is 0.688. The Bertz CT molecular complexity index is 887. The van der Waals surface area contributed by atoms with Crippen LogP contribution in [0, 0.1) is 24.0 Å². The molecule has 3 rings (SSSR count). The average molecular weight is 387 g/mol. The largest absolute Gasteiger partial charge is 0.486 e. The van der Waals surface area contributed by atoms with Crippen molar-refractivity contribution in [3.8, 4) is 5.75 Å². The molecule has 1 N–H and O–H groups in total. The van der Waals surface area contributed by atoms with Crippen LogP contribution in [0.5, 0.6) is 5.75 Å². The monoisotopic (exact) mass is 387 g/mol. The summed E-state index contributed by atoms with van der Waals surface area (Å²) in [5.41, 5.74) is 3.87. The van der Waals surface area contributed by atoms with Crippen molar-refractivity contribution in [1.29, 1.82) is 0 Å². The van der Waals surface area contributed by atoms with Gasteiger partial charge in [0, 0.05) is 18.2 Å². The van der Waals surface area contributed by atoms with E-state index in [1.807, 2.05) is 39.8 Å². The zero-order valence-corrected chi connectivity index (χ0v) is 16.9. The standard InChI is InChI=1S/C23H27F2NO2/c1-14-10-17-15(11-20(14)26-22(27)13-23(2,3)4)6-5-7-21(17)28-16-8-9-18(24)19(25)12-16/h8-12,21H,5-7,13H2,1-4H3,(H,26,27). The highest BCUT2D eigenvalue weighted by Crippen LogP contribution is 2.37. The molecule has 2 aromatic rings. The zero-order valence-electron chi connectivity index (χ0n) is 16.9. The van der Waals surface area contributed by atoms with Gasteiger partial charge in [-0.3, -0.25) is 4.79 Å². The highest BCUT2D eigenvalue weighted by molar-refractivity contribution is 5.92. The van der Waals surface area contributed by atoms with Gasteiger partial charge in [0.15, 0.2) is 11.6 Å². The number of carbonyl (C=O) groups is 1. The smallest absolute Gasteiger partial charge is 0.224 e. The molecule has 0 saturated heterocycles. The van der Waals surface area contributed by atoms with Crippen LogP contribution < -0.4 is 10.1 Å². The maximum absolute atomic E-state index is 13.5. The van der Waals surface area contributed by atoms with Gasteiger partial charge in [-0.15, -0.1) is 0 Å². The molecule has 5 heteroatoms. The van der Waals surface area contributed by atoms with Gasteiger partial charge in [0.25, 0.3) is 0 Å². The lowest BCUT2D eigenvalue weighted by molar-refractivity contribution is -0.117. The highest BCUT2D eigenvalue weighted by atomic mass is 19.2. The molecule has 1 aliphatic carbocycles. The zero-order chi connectivity index (χ0) is 20.5. The summed E-state index contributed by atoms with van der Waals surface area (Å²) in [7, 11) is 0. The van der Waals surface area contributed by atoms with Crippen molar-refractivity contribution in [3.05, 3.63) is 58.7 Å². The number of halogens is 2. The van der Waals surface area contributed by atoms with E-state index >= 15 is 0 Å². The third-order valence-corrected chi connectivity index (χ3v) is 4.88. The fourth-order valence-electron chi connectivity index (χ4n) is 3.57. The SMILES string of the molecule is Cc1cc2c(cc1NC(=O)CC(C)(C)C)CCCC2Oc1ccc(F)c(F)c1. The van der Waals surface area contributed by atoms with Crippen LogP contribution in [0.15, 0.2) is 30.3 Å². The lowest BCUT2D eigenvalue weighted by Crippen LogP contribution is -2.21. The second-order valence-electron chi connectivity index (χ2n) is 8.73. The molecule has 28 heavy (non-hydrogen) atoms. The van der Waals surface area contributed by atoms with E-state index in [4.69, 9.17) is 4.74 Å². The van der Waals surface area contributed by atoms with Gasteiger partial charge in [0.05, 0.1) is 0 Å². The number of ether oxygens (including phenoxy) is 1. The van der Waals surface area contributed by atoms with Crippen molar-refractivity contribution in [3.63, 3.8) is 0 Å². The molecule has 0 saturated carbocycles. The summed E-state index contributed by atoms with van der Waals surface area (Å²) in [5.74, 6) is -1.48. The van der Waals surface area contributed by atoms with Gasteiger partial charge in [-0.2, -0.15) is 0 Å². The molecule has 0 radical (unpaired) electrons. The molecule has 1 atom stereocenters. The van der Waals surface area contributed by atoms with Gasteiger partial charge in [-0.1, -0.05) is 26.8 Å². The van der Waals surface area contributed by atoms with Gasteiger partial charge in [-0.05, 0) is 66.5 Å². The molecular weight excluding hydrogens is 360 g/mol. The molecule has 3 nitrogen and oxygen atoms in total. The van der Waals surface area contributed by atoms with Crippen molar-refractivity contribution in [1.82, 2.24) is 0 Å². The van der Waals surface area contributed by atoms with Crippen LogP contribution >= 0.6 is 0 Å². The highest BCUT2D eigenvalue weighted by Gasteiger charge is 2.24. The number of amides is 1. The Labute approximate surface area is 165 Å². The second kappa shape index (κ2) is 7.90. The predicted octanol–water partition coefficient (Wildman–Crippen LogP) is 6.10. The van der Waals surface area contributed by atoms with E-state index in [0.717, 1.165) is 53.8 Å². The minimum atomic E-state index is -0.915. The van der Waals surface area contributed by atoms with Crippen LogP contribution in [0.1, 0.15) is 62.8 Å². The van der Waals surface area contributed by atoms with Crippen molar-refractivity contribution >= 4 is 11.6 Å². The third kappa shape index (κ3) is 4.89. The van der Waals surface area contributed by atoms with E-state index in [2.05, 4.69) is 5.32 Å². The minimum Gasteiger partial charge on any atom is -0.486 e. The Balaban J connectivity index is 1.81. The number of fused-ring (bicyclic) bond motifs is 1. The molecule has 0 bridgehead atoms. The fourth-order valence-corrected chi connectivity index (χ4v) is 3.57. The first-order valence-corrected chi connectivity index (χ1v) is 9.67. The lowest BCUT2D eigenvalue weighted by atomic mass is 9.87. The number of hydrogen-bond donors (Lipinski definition) is 1. The van der Waals surface area contributed by atoms with E-state index in [1.54, 1.807) is 0 Å². The molecule has 1 aliphatic rings. The lowest BCUT2D eigenvalue weighted by Gasteiger charge is -2.28. The van der Waals surface area contributed by atoms with Crippen LogP contribution in [-0.2, 0) is 11.2 Å². The van der Waals surface area contributed by atoms with Gasteiger partial charge < -0.3 is 10.1 Å². The molecular formula is C23H27F2NO2. The van der Waals surface area contributed by atoms with Crippen LogP contribution in [0.4, 0.5) is 14.5 Å². The molecule has 0 aromatic heterocycles. The van der Waals surface area contributed by atoms with Gasteiger partial charge in [0.1, 0.15) is 11.9 Å². The predicted molar refractivity (Wildman–Crippen MR) is 107 cm³/mol. The Morgan fingerprint density at radius 2 is 1.93 bits per heavy atom. The first kappa shape index (κ1) is 20.3. The molecule has 1 unspecified atom stereocenters. The van der Waals surface area contributed by atoms with Crippen molar-refractivity contribution < 1.29 is 18.3 Å². The van der Waals surface area contributed by atoms with Crippen LogP contribution in [0.25, 0.3) is 0 Å².